The lowest BCUT2D eigenvalue weighted by molar-refractivity contribution is 0.0987. The number of carbonyl (C=O) groups excluding carboxylic acids is 2. The number of amides is 2. The van der Waals surface area contributed by atoms with Crippen LogP contribution in [0.3, 0.4) is 0 Å². The zero-order valence-corrected chi connectivity index (χ0v) is 22.2. The number of carbonyl (C=O) groups is 2. The fourth-order valence-corrected chi connectivity index (χ4v) is 4.96. The van der Waals surface area contributed by atoms with Crippen molar-refractivity contribution < 1.29 is 9.59 Å². The second kappa shape index (κ2) is 19.5. The molecule has 0 spiro atoms. The number of rotatable bonds is 22. The van der Waals surface area contributed by atoms with Gasteiger partial charge in [0.1, 0.15) is 0 Å². The van der Waals surface area contributed by atoms with E-state index in [0.717, 1.165) is 31.2 Å². The first-order valence-corrected chi connectivity index (χ1v) is 14.2. The van der Waals surface area contributed by atoms with Gasteiger partial charge in [0.05, 0.1) is 0 Å². The van der Waals surface area contributed by atoms with Gasteiger partial charge in [0.15, 0.2) is 0 Å². The van der Waals surface area contributed by atoms with E-state index >= 15 is 0 Å². The predicted octanol–water partition coefficient (Wildman–Crippen LogP) is 8.42. The highest BCUT2D eigenvalue weighted by atomic mass is 16.1. The molecule has 0 fully saturated rings. The van der Waals surface area contributed by atoms with Crippen LogP contribution in [0.2, 0.25) is 0 Å². The second-order valence-corrected chi connectivity index (χ2v) is 10.1. The smallest absolute Gasteiger partial charge is 0.248 e. The van der Waals surface area contributed by atoms with E-state index in [1.807, 2.05) is 6.07 Å². The summed E-state index contributed by atoms with van der Waals surface area (Å²) in [5.74, 6) is -0.616. The van der Waals surface area contributed by atoms with E-state index in [-0.39, 0.29) is 5.92 Å². The van der Waals surface area contributed by atoms with Gasteiger partial charge in [0, 0.05) is 11.1 Å². The van der Waals surface area contributed by atoms with Crippen molar-refractivity contribution >= 4 is 11.8 Å². The van der Waals surface area contributed by atoms with Crippen molar-refractivity contribution in [2.24, 2.45) is 11.5 Å². The Morgan fingerprint density at radius 2 is 1.03 bits per heavy atom. The molecule has 194 valence electrons. The monoisotopic (exact) mass is 472 g/mol. The fraction of sp³-hybridized carbons (Fsp3) is 0.733. The average molecular weight is 473 g/mol. The molecule has 0 saturated carbocycles. The molecule has 0 radical (unpaired) electrons. The van der Waals surface area contributed by atoms with Crippen molar-refractivity contribution in [2.45, 2.75) is 142 Å². The quantitative estimate of drug-likeness (QED) is 0.166. The Kier molecular flexibility index (Phi) is 17.3. The molecule has 4 nitrogen and oxygen atoms in total. The molecule has 1 aromatic rings. The van der Waals surface area contributed by atoms with Gasteiger partial charge in [-0.25, -0.2) is 0 Å². The third-order valence-corrected chi connectivity index (χ3v) is 7.10. The lowest BCUT2D eigenvalue weighted by Gasteiger charge is -2.21. The van der Waals surface area contributed by atoms with Crippen molar-refractivity contribution in [3.63, 3.8) is 0 Å². The van der Waals surface area contributed by atoms with E-state index in [4.69, 9.17) is 11.5 Å². The molecule has 1 atom stereocenters. The standard InChI is InChI=1S/C30H52N2O2/c1-3-5-7-9-11-12-13-14-15-17-19-21-25(20-18-16-10-8-6-4-2)28-24-26(29(31)33)22-23-27(28)30(32)34/h22-25H,3-21H2,1-2H3,(H2,31,33)(H2,32,34). The van der Waals surface area contributed by atoms with E-state index in [2.05, 4.69) is 13.8 Å². The second-order valence-electron chi connectivity index (χ2n) is 10.1. The minimum absolute atomic E-state index is 0.256. The van der Waals surface area contributed by atoms with E-state index < -0.39 is 11.8 Å². The molecule has 4 N–H and O–H groups in total. The molecule has 34 heavy (non-hydrogen) atoms. The molecule has 0 aliphatic rings. The van der Waals surface area contributed by atoms with Crippen LogP contribution in [-0.4, -0.2) is 11.8 Å². The fourth-order valence-electron chi connectivity index (χ4n) is 4.96. The number of primary amides is 2. The Hall–Kier alpha value is -1.84. The molecular weight excluding hydrogens is 420 g/mol. The van der Waals surface area contributed by atoms with Crippen molar-refractivity contribution in [1.29, 1.82) is 0 Å². The average Bonchev–Trinajstić information content (AvgIpc) is 2.82. The first kappa shape index (κ1) is 30.2. The molecule has 1 rings (SSSR count). The van der Waals surface area contributed by atoms with Crippen LogP contribution in [0.15, 0.2) is 18.2 Å². The van der Waals surface area contributed by atoms with E-state index in [1.54, 1.807) is 12.1 Å². The highest BCUT2D eigenvalue weighted by molar-refractivity contribution is 5.98. The molecule has 0 aliphatic carbocycles. The van der Waals surface area contributed by atoms with Crippen molar-refractivity contribution in [2.75, 3.05) is 0 Å². The predicted molar refractivity (Wildman–Crippen MR) is 145 cm³/mol. The maximum absolute atomic E-state index is 12.1. The third-order valence-electron chi connectivity index (χ3n) is 7.10. The summed E-state index contributed by atoms with van der Waals surface area (Å²) >= 11 is 0. The Morgan fingerprint density at radius 3 is 1.41 bits per heavy atom. The van der Waals surface area contributed by atoms with Crippen LogP contribution in [0.5, 0.6) is 0 Å². The molecule has 4 heteroatoms. The number of hydrogen-bond acceptors (Lipinski definition) is 2. The number of nitrogens with two attached hydrogens (primary N) is 2. The van der Waals surface area contributed by atoms with Gasteiger partial charge in [-0.3, -0.25) is 9.59 Å². The van der Waals surface area contributed by atoms with Crippen LogP contribution in [-0.2, 0) is 0 Å². The highest BCUT2D eigenvalue weighted by Gasteiger charge is 2.19. The summed E-state index contributed by atoms with van der Waals surface area (Å²) in [5, 5.41) is 0. The Morgan fingerprint density at radius 1 is 0.618 bits per heavy atom. The van der Waals surface area contributed by atoms with Crippen LogP contribution in [0, 0.1) is 0 Å². The van der Waals surface area contributed by atoms with E-state index in [0.29, 0.717) is 11.1 Å². The lowest BCUT2D eigenvalue weighted by atomic mass is 9.84. The number of unbranched alkanes of at least 4 members (excludes halogenated alkanes) is 15. The first-order chi connectivity index (χ1) is 16.5. The molecule has 0 aromatic heterocycles. The lowest BCUT2D eigenvalue weighted by Crippen LogP contribution is -2.18. The topological polar surface area (TPSA) is 86.2 Å². The maximum Gasteiger partial charge on any atom is 0.248 e. The van der Waals surface area contributed by atoms with Gasteiger partial charge < -0.3 is 11.5 Å². The summed E-state index contributed by atoms with van der Waals surface area (Å²) in [6, 6.07) is 5.13. The van der Waals surface area contributed by atoms with Gasteiger partial charge in [-0.15, -0.1) is 0 Å². The Labute approximate surface area is 209 Å². The van der Waals surface area contributed by atoms with Gasteiger partial charge in [-0.1, -0.05) is 123 Å². The van der Waals surface area contributed by atoms with Crippen molar-refractivity contribution in [3.8, 4) is 0 Å². The number of hydrogen-bond donors (Lipinski definition) is 2. The van der Waals surface area contributed by atoms with Crippen molar-refractivity contribution in [1.82, 2.24) is 0 Å². The normalized spacial score (nSPS) is 12.1. The molecule has 1 aromatic carbocycles. The molecular formula is C30H52N2O2. The van der Waals surface area contributed by atoms with Crippen LogP contribution in [0.25, 0.3) is 0 Å². The summed E-state index contributed by atoms with van der Waals surface area (Å²) in [7, 11) is 0. The third kappa shape index (κ3) is 13.2. The van der Waals surface area contributed by atoms with Gasteiger partial charge >= 0.3 is 0 Å². The minimum Gasteiger partial charge on any atom is -0.366 e. The van der Waals surface area contributed by atoms with Crippen LogP contribution in [0.4, 0.5) is 0 Å². The summed E-state index contributed by atoms with van der Waals surface area (Å²) < 4.78 is 0. The number of benzene rings is 1. The minimum atomic E-state index is -0.453. The van der Waals surface area contributed by atoms with Crippen LogP contribution in [0.1, 0.15) is 168 Å². The molecule has 0 heterocycles. The van der Waals surface area contributed by atoms with Gasteiger partial charge in [-0.05, 0) is 42.5 Å². The zero-order valence-electron chi connectivity index (χ0n) is 22.2. The van der Waals surface area contributed by atoms with Crippen molar-refractivity contribution in [3.05, 3.63) is 34.9 Å². The van der Waals surface area contributed by atoms with Crippen LogP contribution < -0.4 is 11.5 Å². The van der Waals surface area contributed by atoms with E-state index in [1.165, 1.54) is 96.3 Å². The van der Waals surface area contributed by atoms with Gasteiger partial charge in [-0.2, -0.15) is 0 Å². The summed E-state index contributed by atoms with van der Waals surface area (Å²) in [6.45, 7) is 4.50. The highest BCUT2D eigenvalue weighted by Crippen LogP contribution is 2.32. The Balaban J connectivity index is 2.59. The molecule has 1 unspecified atom stereocenters. The Bertz CT molecular complexity index is 686. The first-order valence-electron chi connectivity index (χ1n) is 14.2. The summed E-state index contributed by atoms with van der Waals surface area (Å²) in [5.41, 5.74) is 13.2. The molecule has 0 aliphatic heterocycles. The van der Waals surface area contributed by atoms with Gasteiger partial charge in [0.25, 0.3) is 0 Å². The van der Waals surface area contributed by atoms with Crippen LogP contribution >= 0.6 is 0 Å². The molecule has 2 amide bonds. The maximum atomic E-state index is 12.1. The van der Waals surface area contributed by atoms with Gasteiger partial charge in [0.2, 0.25) is 11.8 Å². The largest absolute Gasteiger partial charge is 0.366 e. The van der Waals surface area contributed by atoms with E-state index in [9.17, 15) is 9.59 Å². The molecule has 0 saturated heterocycles. The zero-order chi connectivity index (χ0) is 25.0. The molecule has 0 bridgehead atoms. The summed E-state index contributed by atoms with van der Waals surface area (Å²) in [4.78, 5) is 23.9. The SMILES string of the molecule is CCCCCCCCCCCCCC(CCCCCCCC)c1cc(C(N)=O)ccc1C(N)=O. The summed E-state index contributed by atoms with van der Waals surface area (Å²) in [6.07, 6.45) is 24.1.